The Hall–Kier alpha value is -2.47. The Morgan fingerprint density at radius 3 is 2.28 bits per heavy atom. The molecule has 6 heteroatoms. The van der Waals surface area contributed by atoms with E-state index < -0.39 is 0 Å². The average molecular weight is 434 g/mol. The van der Waals surface area contributed by atoms with Gasteiger partial charge >= 0.3 is 0 Å². The number of hydrogen-bond donors (Lipinski definition) is 0. The lowest BCUT2D eigenvalue weighted by Gasteiger charge is -2.42. The number of carbonyl (C=O) groups excluding carboxylic acids is 1. The molecule has 0 bridgehead atoms. The molecule has 6 nitrogen and oxygen atoms in total. The fourth-order valence-electron chi connectivity index (χ4n) is 5.64. The zero-order valence-electron chi connectivity index (χ0n) is 19.0. The van der Waals surface area contributed by atoms with E-state index >= 15 is 0 Å². The Kier molecular flexibility index (Phi) is 6.67. The molecule has 0 spiro atoms. The summed E-state index contributed by atoms with van der Waals surface area (Å²) in [5.41, 5.74) is 1.96. The first-order valence-electron chi connectivity index (χ1n) is 12.4. The molecule has 1 amide bonds. The lowest BCUT2D eigenvalue weighted by atomic mass is 9.94. The van der Waals surface area contributed by atoms with Crippen molar-refractivity contribution in [2.45, 2.75) is 51.0 Å². The van der Waals surface area contributed by atoms with Crippen LogP contribution in [0.2, 0.25) is 0 Å². The topological polar surface area (TPSA) is 52.6 Å². The van der Waals surface area contributed by atoms with Crippen molar-refractivity contribution >= 4 is 11.7 Å². The smallest absolute Gasteiger partial charge is 0.227 e. The van der Waals surface area contributed by atoms with E-state index in [1.54, 1.807) is 0 Å². The van der Waals surface area contributed by atoms with E-state index in [-0.39, 0.29) is 5.92 Å². The molecule has 3 fully saturated rings. The normalized spacial score (nSPS) is 23.3. The maximum Gasteiger partial charge on any atom is 0.227 e. The van der Waals surface area contributed by atoms with E-state index in [0.717, 1.165) is 68.9 Å². The van der Waals surface area contributed by atoms with Crippen LogP contribution >= 0.6 is 0 Å². The van der Waals surface area contributed by atoms with Gasteiger partial charge in [0.05, 0.1) is 11.6 Å². The maximum absolute atomic E-state index is 13.3. The molecular weight excluding hydrogens is 398 g/mol. The molecule has 0 unspecified atom stereocenters. The second-order valence-electron chi connectivity index (χ2n) is 9.58. The van der Waals surface area contributed by atoms with Crippen molar-refractivity contribution in [3.8, 4) is 11.3 Å². The summed E-state index contributed by atoms with van der Waals surface area (Å²) in [6, 6.07) is 14.9. The Balaban J connectivity index is 1.16. The van der Waals surface area contributed by atoms with Crippen molar-refractivity contribution in [3.05, 3.63) is 42.5 Å². The van der Waals surface area contributed by atoms with Gasteiger partial charge in [-0.25, -0.2) is 0 Å². The highest BCUT2D eigenvalue weighted by molar-refractivity contribution is 5.80. The summed E-state index contributed by atoms with van der Waals surface area (Å²) < 4.78 is 0. The van der Waals surface area contributed by atoms with Gasteiger partial charge in [-0.15, -0.1) is 10.2 Å². The van der Waals surface area contributed by atoms with Crippen LogP contribution in [0.5, 0.6) is 0 Å². The molecule has 3 saturated heterocycles. The van der Waals surface area contributed by atoms with Crippen LogP contribution in [0.15, 0.2) is 42.5 Å². The standard InChI is InChI=1S/C26H35N5O/c32-26(30-18-13-23(14-19-30)29-15-5-2-6-16-29)22-10-7-17-31(20-22)25-12-11-24(27-28-25)21-8-3-1-4-9-21/h1,3-4,8-9,11-12,22-23H,2,5-7,10,13-20H2/t22-/m0/s1. The predicted molar refractivity (Wildman–Crippen MR) is 127 cm³/mol. The first kappa shape index (κ1) is 21.4. The summed E-state index contributed by atoms with van der Waals surface area (Å²) in [5, 5.41) is 8.94. The second-order valence-corrected chi connectivity index (χ2v) is 9.58. The maximum atomic E-state index is 13.3. The lowest BCUT2D eigenvalue weighted by Crippen LogP contribution is -2.51. The lowest BCUT2D eigenvalue weighted by molar-refractivity contribution is -0.137. The SMILES string of the molecule is O=C([C@H]1CCCN(c2ccc(-c3ccccc3)nn2)C1)N1CCC(N2CCCCC2)CC1. The van der Waals surface area contributed by atoms with E-state index in [2.05, 4.69) is 24.9 Å². The highest BCUT2D eigenvalue weighted by Gasteiger charge is 2.33. The zero-order chi connectivity index (χ0) is 21.8. The molecule has 1 aromatic carbocycles. The number of amides is 1. The van der Waals surface area contributed by atoms with Gasteiger partial charge in [0.25, 0.3) is 0 Å². The predicted octanol–water partition coefficient (Wildman–Crippen LogP) is 3.84. The molecule has 170 valence electrons. The molecule has 1 atom stereocenters. The van der Waals surface area contributed by atoms with Crippen LogP contribution in [0.3, 0.4) is 0 Å². The van der Waals surface area contributed by atoms with Crippen LogP contribution in [-0.4, -0.2) is 71.2 Å². The number of carbonyl (C=O) groups is 1. The molecular formula is C26H35N5O. The molecule has 3 aliphatic rings. The minimum atomic E-state index is 0.0749. The van der Waals surface area contributed by atoms with Gasteiger partial charge in [0.2, 0.25) is 5.91 Å². The zero-order valence-corrected chi connectivity index (χ0v) is 19.0. The third-order valence-electron chi connectivity index (χ3n) is 7.50. The highest BCUT2D eigenvalue weighted by Crippen LogP contribution is 2.27. The van der Waals surface area contributed by atoms with Gasteiger partial charge in [0.15, 0.2) is 5.82 Å². The molecule has 0 N–H and O–H groups in total. The van der Waals surface area contributed by atoms with E-state index in [1.165, 1.54) is 32.4 Å². The number of nitrogens with zero attached hydrogens (tertiary/aromatic N) is 5. The summed E-state index contributed by atoms with van der Waals surface area (Å²) in [4.78, 5) is 20.4. The molecule has 0 radical (unpaired) electrons. The summed E-state index contributed by atoms with van der Waals surface area (Å²) in [6.07, 6.45) is 8.34. The number of hydrogen-bond acceptors (Lipinski definition) is 5. The first-order chi connectivity index (χ1) is 15.8. The fourth-order valence-corrected chi connectivity index (χ4v) is 5.64. The molecule has 0 saturated carbocycles. The van der Waals surface area contributed by atoms with Crippen LogP contribution < -0.4 is 4.90 Å². The number of rotatable bonds is 4. The van der Waals surface area contributed by atoms with Crippen molar-refractivity contribution in [2.75, 3.05) is 44.2 Å². The van der Waals surface area contributed by atoms with Crippen LogP contribution in [0.4, 0.5) is 5.82 Å². The van der Waals surface area contributed by atoms with Crippen molar-refractivity contribution in [3.63, 3.8) is 0 Å². The summed E-state index contributed by atoms with van der Waals surface area (Å²) in [7, 11) is 0. The van der Waals surface area contributed by atoms with Gasteiger partial charge in [0.1, 0.15) is 0 Å². The van der Waals surface area contributed by atoms with Gasteiger partial charge in [-0.2, -0.15) is 0 Å². The van der Waals surface area contributed by atoms with Crippen LogP contribution in [0.1, 0.15) is 44.9 Å². The second kappa shape index (κ2) is 9.99. The summed E-state index contributed by atoms with van der Waals surface area (Å²) in [6.45, 7) is 6.04. The van der Waals surface area contributed by atoms with Gasteiger partial charge in [-0.1, -0.05) is 36.8 Å². The third kappa shape index (κ3) is 4.80. The van der Waals surface area contributed by atoms with Crippen LogP contribution in [0.25, 0.3) is 11.3 Å². The Labute approximate surface area is 191 Å². The largest absolute Gasteiger partial charge is 0.354 e. The fraction of sp³-hybridized carbons (Fsp3) is 0.577. The molecule has 0 aliphatic carbocycles. The van der Waals surface area contributed by atoms with Gasteiger partial charge in [0, 0.05) is 37.8 Å². The van der Waals surface area contributed by atoms with E-state index in [9.17, 15) is 4.79 Å². The van der Waals surface area contributed by atoms with Crippen molar-refractivity contribution in [2.24, 2.45) is 5.92 Å². The van der Waals surface area contributed by atoms with Crippen molar-refractivity contribution in [1.82, 2.24) is 20.0 Å². The minimum absolute atomic E-state index is 0.0749. The van der Waals surface area contributed by atoms with Crippen LogP contribution in [0, 0.1) is 5.92 Å². The number of anilines is 1. The van der Waals surface area contributed by atoms with Crippen molar-refractivity contribution < 1.29 is 4.79 Å². The Bertz CT molecular complexity index is 873. The third-order valence-corrected chi connectivity index (χ3v) is 7.50. The highest BCUT2D eigenvalue weighted by atomic mass is 16.2. The quantitative estimate of drug-likeness (QED) is 0.733. The number of piperidine rings is 3. The van der Waals surface area contributed by atoms with Crippen molar-refractivity contribution in [1.29, 1.82) is 0 Å². The summed E-state index contributed by atoms with van der Waals surface area (Å²) >= 11 is 0. The Morgan fingerprint density at radius 1 is 0.781 bits per heavy atom. The monoisotopic (exact) mass is 433 g/mol. The van der Waals surface area contributed by atoms with Gasteiger partial charge < -0.3 is 14.7 Å². The first-order valence-corrected chi connectivity index (χ1v) is 12.4. The minimum Gasteiger partial charge on any atom is -0.354 e. The number of aromatic nitrogens is 2. The molecule has 32 heavy (non-hydrogen) atoms. The average Bonchev–Trinajstić information content (AvgIpc) is 2.89. The Morgan fingerprint density at radius 2 is 1.56 bits per heavy atom. The molecule has 3 aliphatic heterocycles. The van der Waals surface area contributed by atoms with E-state index in [1.807, 2.05) is 42.5 Å². The van der Waals surface area contributed by atoms with E-state index in [4.69, 9.17) is 0 Å². The molecule has 1 aromatic heterocycles. The van der Waals surface area contributed by atoms with E-state index in [0.29, 0.717) is 11.9 Å². The number of benzene rings is 1. The molecule has 5 rings (SSSR count). The van der Waals surface area contributed by atoms with Crippen LogP contribution in [-0.2, 0) is 4.79 Å². The van der Waals surface area contributed by atoms with Gasteiger partial charge in [-0.05, 0) is 63.7 Å². The molecule has 2 aromatic rings. The molecule has 4 heterocycles. The summed E-state index contributed by atoms with van der Waals surface area (Å²) in [5.74, 6) is 1.30. The number of likely N-dealkylation sites (tertiary alicyclic amines) is 2. The van der Waals surface area contributed by atoms with Gasteiger partial charge in [-0.3, -0.25) is 4.79 Å².